The minimum Gasteiger partial charge on any atom is -0.461 e. The van der Waals surface area contributed by atoms with Crippen LogP contribution < -0.4 is 5.73 Å². The van der Waals surface area contributed by atoms with Gasteiger partial charge in [0.15, 0.2) is 5.82 Å². The van der Waals surface area contributed by atoms with Gasteiger partial charge >= 0.3 is 5.97 Å². The van der Waals surface area contributed by atoms with E-state index in [1.165, 1.54) is 23.1 Å². The molecule has 6 nitrogen and oxygen atoms in total. The lowest BCUT2D eigenvalue weighted by atomic mass is 10.6. The van der Waals surface area contributed by atoms with Gasteiger partial charge < -0.3 is 10.5 Å². The Morgan fingerprint density at radius 1 is 1.47 bits per heavy atom. The fourth-order valence-corrected chi connectivity index (χ4v) is 2.83. The molecular weight excluding hydrogens is 284 g/mol. The second kappa shape index (κ2) is 6.48. The van der Waals surface area contributed by atoms with Crippen LogP contribution in [-0.2, 0) is 10.5 Å². The SMILES string of the molecule is CCOC(=O)c1nc(CSc2nccnc2N)cs1. The molecule has 2 N–H and O–H groups in total. The molecule has 0 aliphatic heterocycles. The van der Waals surface area contributed by atoms with Gasteiger partial charge in [0.2, 0.25) is 5.01 Å². The van der Waals surface area contributed by atoms with E-state index >= 15 is 0 Å². The van der Waals surface area contributed by atoms with Crippen molar-refractivity contribution in [2.45, 2.75) is 17.7 Å². The lowest BCUT2D eigenvalue weighted by Gasteiger charge is -2.00. The van der Waals surface area contributed by atoms with Crippen LogP contribution in [0.15, 0.2) is 22.8 Å². The highest BCUT2D eigenvalue weighted by Crippen LogP contribution is 2.24. The number of nitrogen functional groups attached to an aromatic ring is 1. The Bertz CT molecular complexity index is 573. The van der Waals surface area contributed by atoms with E-state index in [-0.39, 0.29) is 5.97 Å². The monoisotopic (exact) mass is 296 g/mol. The first kappa shape index (κ1) is 13.8. The zero-order chi connectivity index (χ0) is 13.7. The number of nitrogens with two attached hydrogens (primary N) is 1. The van der Waals surface area contributed by atoms with Gasteiger partial charge in [-0.15, -0.1) is 11.3 Å². The number of thioether (sulfide) groups is 1. The predicted octanol–water partition coefficient (Wildman–Crippen LogP) is 1.98. The Balaban J connectivity index is 1.97. The second-order valence-electron chi connectivity index (χ2n) is 3.40. The van der Waals surface area contributed by atoms with Crippen molar-refractivity contribution in [3.05, 3.63) is 28.5 Å². The average Bonchev–Trinajstić information content (AvgIpc) is 2.87. The van der Waals surface area contributed by atoms with Crippen LogP contribution in [0.4, 0.5) is 5.82 Å². The smallest absolute Gasteiger partial charge is 0.367 e. The molecule has 0 spiro atoms. The number of hydrogen-bond acceptors (Lipinski definition) is 8. The normalized spacial score (nSPS) is 10.4. The van der Waals surface area contributed by atoms with Gasteiger partial charge in [0.05, 0.1) is 12.3 Å². The molecule has 0 unspecified atom stereocenters. The fourth-order valence-electron chi connectivity index (χ4n) is 1.25. The van der Waals surface area contributed by atoms with Gasteiger partial charge in [-0.05, 0) is 6.92 Å². The lowest BCUT2D eigenvalue weighted by molar-refractivity contribution is 0.0525. The summed E-state index contributed by atoms with van der Waals surface area (Å²) in [6.45, 7) is 2.11. The van der Waals surface area contributed by atoms with Gasteiger partial charge in [0, 0.05) is 23.5 Å². The molecule has 2 heterocycles. The quantitative estimate of drug-likeness (QED) is 0.666. The summed E-state index contributed by atoms with van der Waals surface area (Å²) in [6, 6.07) is 0. The van der Waals surface area contributed by atoms with Crippen molar-refractivity contribution in [2.24, 2.45) is 0 Å². The maximum absolute atomic E-state index is 11.5. The van der Waals surface area contributed by atoms with Crippen molar-refractivity contribution in [3.63, 3.8) is 0 Å². The standard InChI is InChI=1S/C11H12N4O2S2/c1-2-17-11(16)10-15-7(6-19-10)5-18-9-8(12)13-3-4-14-9/h3-4,6H,2,5H2,1H3,(H2,12,13). The van der Waals surface area contributed by atoms with Gasteiger partial charge in [0.1, 0.15) is 5.03 Å². The molecule has 0 bridgehead atoms. The lowest BCUT2D eigenvalue weighted by Crippen LogP contribution is -2.04. The third-order valence-corrected chi connectivity index (χ3v) is 3.95. The number of hydrogen-bond donors (Lipinski definition) is 1. The van der Waals surface area contributed by atoms with Crippen molar-refractivity contribution >= 4 is 34.9 Å². The number of thiazole rings is 1. The van der Waals surface area contributed by atoms with E-state index in [1.54, 1.807) is 19.3 Å². The maximum atomic E-state index is 11.5. The fraction of sp³-hybridized carbons (Fsp3) is 0.273. The van der Waals surface area contributed by atoms with Crippen molar-refractivity contribution < 1.29 is 9.53 Å². The highest BCUT2D eigenvalue weighted by atomic mass is 32.2. The van der Waals surface area contributed by atoms with Crippen LogP contribution in [0.5, 0.6) is 0 Å². The molecule has 0 aromatic carbocycles. The Morgan fingerprint density at radius 2 is 2.26 bits per heavy atom. The molecule has 2 aromatic heterocycles. The van der Waals surface area contributed by atoms with Crippen LogP contribution >= 0.6 is 23.1 Å². The number of esters is 1. The second-order valence-corrected chi connectivity index (χ2v) is 5.22. The zero-order valence-corrected chi connectivity index (χ0v) is 11.8. The highest BCUT2D eigenvalue weighted by molar-refractivity contribution is 7.98. The van der Waals surface area contributed by atoms with E-state index in [0.717, 1.165) is 5.69 Å². The molecule has 2 rings (SSSR count). The van der Waals surface area contributed by atoms with Gasteiger partial charge in [-0.3, -0.25) is 0 Å². The number of nitrogens with zero attached hydrogens (tertiary/aromatic N) is 3. The van der Waals surface area contributed by atoms with E-state index in [9.17, 15) is 4.79 Å². The number of carbonyl (C=O) groups is 1. The van der Waals surface area contributed by atoms with Crippen molar-refractivity contribution in [3.8, 4) is 0 Å². The Morgan fingerprint density at radius 3 is 3.00 bits per heavy atom. The molecule has 0 aliphatic rings. The van der Waals surface area contributed by atoms with Crippen LogP contribution in [0.2, 0.25) is 0 Å². The zero-order valence-electron chi connectivity index (χ0n) is 10.2. The summed E-state index contributed by atoms with van der Waals surface area (Å²) in [5.74, 6) is 0.592. The van der Waals surface area contributed by atoms with Crippen molar-refractivity contribution in [1.29, 1.82) is 0 Å². The van der Waals surface area contributed by atoms with Gasteiger partial charge in [-0.1, -0.05) is 11.8 Å². The van der Waals surface area contributed by atoms with E-state index in [0.29, 0.717) is 28.2 Å². The van der Waals surface area contributed by atoms with Crippen molar-refractivity contribution in [1.82, 2.24) is 15.0 Å². The predicted molar refractivity (Wildman–Crippen MR) is 74.1 cm³/mol. The summed E-state index contributed by atoms with van der Waals surface area (Å²) < 4.78 is 4.88. The Kier molecular flexibility index (Phi) is 4.69. The third-order valence-electron chi connectivity index (χ3n) is 2.05. The third kappa shape index (κ3) is 3.65. The van der Waals surface area contributed by atoms with Crippen LogP contribution in [-0.4, -0.2) is 27.5 Å². The summed E-state index contributed by atoms with van der Waals surface area (Å²) in [6.07, 6.45) is 3.13. The van der Waals surface area contributed by atoms with E-state index < -0.39 is 0 Å². The molecule has 0 aliphatic carbocycles. The number of rotatable bonds is 5. The molecule has 0 saturated heterocycles. The minimum absolute atomic E-state index is 0.346. The van der Waals surface area contributed by atoms with Gasteiger partial charge in [-0.2, -0.15) is 0 Å². The molecule has 0 saturated carbocycles. The summed E-state index contributed by atoms with van der Waals surface area (Å²) in [5.41, 5.74) is 6.49. The number of anilines is 1. The maximum Gasteiger partial charge on any atom is 0.367 e. The summed E-state index contributed by atoms with van der Waals surface area (Å²) >= 11 is 2.70. The highest BCUT2D eigenvalue weighted by Gasteiger charge is 2.12. The number of ether oxygens (including phenoxy) is 1. The van der Waals surface area contributed by atoms with Crippen LogP contribution in [0.25, 0.3) is 0 Å². The van der Waals surface area contributed by atoms with Crippen LogP contribution in [0, 0.1) is 0 Å². The molecule has 2 aromatic rings. The Hall–Kier alpha value is -1.67. The topological polar surface area (TPSA) is 91.0 Å². The minimum atomic E-state index is -0.386. The number of carbonyl (C=O) groups excluding carboxylic acids is 1. The number of aromatic nitrogens is 3. The van der Waals surface area contributed by atoms with Crippen molar-refractivity contribution in [2.75, 3.05) is 12.3 Å². The molecule has 0 radical (unpaired) electrons. The van der Waals surface area contributed by atoms with Crippen LogP contribution in [0.3, 0.4) is 0 Å². The summed E-state index contributed by atoms with van der Waals surface area (Å²) in [4.78, 5) is 23.7. The molecule has 100 valence electrons. The summed E-state index contributed by atoms with van der Waals surface area (Å²) in [5, 5.41) is 2.85. The molecular formula is C11H12N4O2S2. The molecule has 19 heavy (non-hydrogen) atoms. The van der Waals surface area contributed by atoms with E-state index in [1.807, 2.05) is 5.38 Å². The van der Waals surface area contributed by atoms with E-state index in [2.05, 4.69) is 15.0 Å². The van der Waals surface area contributed by atoms with Crippen LogP contribution in [0.1, 0.15) is 22.4 Å². The first-order chi connectivity index (χ1) is 9.20. The Labute approximate surface area is 118 Å². The summed E-state index contributed by atoms with van der Waals surface area (Å²) in [7, 11) is 0. The molecule has 0 atom stereocenters. The first-order valence-corrected chi connectivity index (χ1v) is 7.38. The van der Waals surface area contributed by atoms with E-state index in [4.69, 9.17) is 10.5 Å². The van der Waals surface area contributed by atoms with Gasteiger partial charge in [0.25, 0.3) is 0 Å². The van der Waals surface area contributed by atoms with Gasteiger partial charge in [-0.25, -0.2) is 19.7 Å². The average molecular weight is 296 g/mol. The first-order valence-electron chi connectivity index (χ1n) is 5.51. The largest absolute Gasteiger partial charge is 0.461 e. The molecule has 0 fully saturated rings. The molecule has 0 amide bonds. The molecule has 8 heteroatoms.